The summed E-state index contributed by atoms with van der Waals surface area (Å²) >= 11 is 0. The topological polar surface area (TPSA) is 60.5 Å². The van der Waals surface area contributed by atoms with Gasteiger partial charge in [0, 0.05) is 7.11 Å². The smallest absolute Gasteiger partial charge is 0.271 e. The molecule has 1 aromatic carbocycles. The fraction of sp³-hybridized carbons (Fsp3) is 0.200. The van der Waals surface area contributed by atoms with Crippen LogP contribution in [0.4, 0.5) is 0 Å². The zero-order valence-corrected chi connectivity index (χ0v) is 11.2. The average molecular weight is 272 g/mol. The van der Waals surface area contributed by atoms with Crippen LogP contribution in [0, 0.1) is 0 Å². The molecule has 5 heteroatoms. The number of pyridine rings is 1. The van der Waals surface area contributed by atoms with E-state index in [0.29, 0.717) is 18.1 Å². The van der Waals surface area contributed by atoms with Gasteiger partial charge in [0.05, 0.1) is 6.20 Å². The number of ether oxygens (including phenoxy) is 2. The number of carbonyl (C=O) groups is 1. The number of aromatic nitrogens is 1. The highest BCUT2D eigenvalue weighted by Crippen LogP contribution is 2.11. The molecular formula is C15H16N2O3. The molecule has 20 heavy (non-hydrogen) atoms. The minimum absolute atomic E-state index is 0.159. The zero-order valence-electron chi connectivity index (χ0n) is 11.2. The van der Waals surface area contributed by atoms with E-state index in [1.165, 1.54) is 13.3 Å². The van der Waals surface area contributed by atoms with Crippen LogP contribution in [0.25, 0.3) is 0 Å². The van der Waals surface area contributed by atoms with Crippen LogP contribution in [0.5, 0.6) is 5.75 Å². The lowest BCUT2D eigenvalue weighted by atomic mass is 10.2. The second kappa shape index (κ2) is 7.25. The summed E-state index contributed by atoms with van der Waals surface area (Å²) in [5.74, 6) is 0.346. The van der Waals surface area contributed by atoms with Crippen molar-refractivity contribution < 1.29 is 14.3 Å². The second-order valence-electron chi connectivity index (χ2n) is 4.09. The summed E-state index contributed by atoms with van der Waals surface area (Å²) in [5.41, 5.74) is 1.41. The molecule has 0 aliphatic carbocycles. The van der Waals surface area contributed by atoms with Crippen molar-refractivity contribution in [2.45, 2.75) is 6.61 Å². The predicted octanol–water partition coefficient (Wildman–Crippen LogP) is 1.99. The van der Waals surface area contributed by atoms with Crippen molar-refractivity contribution in [3.8, 4) is 5.75 Å². The molecule has 2 rings (SSSR count). The van der Waals surface area contributed by atoms with Gasteiger partial charge in [-0.25, -0.2) is 4.98 Å². The Kier molecular flexibility index (Phi) is 5.08. The Labute approximate surface area is 117 Å². The van der Waals surface area contributed by atoms with Crippen LogP contribution in [0.1, 0.15) is 16.1 Å². The van der Waals surface area contributed by atoms with Gasteiger partial charge in [-0.05, 0) is 17.7 Å². The van der Waals surface area contributed by atoms with E-state index in [4.69, 9.17) is 9.47 Å². The fourth-order valence-electron chi connectivity index (χ4n) is 1.57. The molecule has 2 aromatic rings. The number of hydrogen-bond acceptors (Lipinski definition) is 4. The van der Waals surface area contributed by atoms with Crippen LogP contribution in [0.3, 0.4) is 0 Å². The first-order valence-electron chi connectivity index (χ1n) is 6.19. The Hall–Kier alpha value is -2.40. The molecule has 5 nitrogen and oxygen atoms in total. The van der Waals surface area contributed by atoms with Gasteiger partial charge in [-0.15, -0.1) is 0 Å². The number of nitrogens with one attached hydrogen (secondary N) is 1. The largest absolute Gasteiger partial charge is 0.487 e. The van der Waals surface area contributed by atoms with E-state index >= 15 is 0 Å². The highest BCUT2D eigenvalue weighted by molar-refractivity contribution is 5.92. The predicted molar refractivity (Wildman–Crippen MR) is 74.4 cm³/mol. The summed E-state index contributed by atoms with van der Waals surface area (Å²) in [5, 5.41) is 2.56. The zero-order chi connectivity index (χ0) is 14.2. The standard InChI is InChI=1S/C15H16N2O3/c1-19-11-17-15(18)14-8-7-13(9-16-14)20-10-12-5-3-2-4-6-12/h2-9H,10-11H2,1H3,(H,17,18). The van der Waals surface area contributed by atoms with Crippen molar-refractivity contribution in [1.29, 1.82) is 0 Å². The molecular weight excluding hydrogens is 256 g/mol. The SMILES string of the molecule is COCNC(=O)c1ccc(OCc2ccccc2)cn1. The maximum Gasteiger partial charge on any atom is 0.271 e. The third-order valence-corrected chi connectivity index (χ3v) is 2.59. The first-order chi connectivity index (χ1) is 9.79. The summed E-state index contributed by atoms with van der Waals surface area (Å²) in [6, 6.07) is 13.2. The normalized spacial score (nSPS) is 10.1. The number of benzene rings is 1. The monoisotopic (exact) mass is 272 g/mol. The molecule has 0 radical (unpaired) electrons. The minimum atomic E-state index is -0.276. The van der Waals surface area contributed by atoms with E-state index < -0.39 is 0 Å². The lowest BCUT2D eigenvalue weighted by Gasteiger charge is -2.07. The van der Waals surface area contributed by atoms with Gasteiger partial charge >= 0.3 is 0 Å². The Morgan fingerprint density at radius 2 is 2.00 bits per heavy atom. The summed E-state index contributed by atoms with van der Waals surface area (Å²) in [7, 11) is 1.51. The minimum Gasteiger partial charge on any atom is -0.487 e. The van der Waals surface area contributed by atoms with Crippen LogP contribution in [0.2, 0.25) is 0 Å². The molecule has 0 unspecified atom stereocenters. The van der Waals surface area contributed by atoms with Gasteiger partial charge in [0.1, 0.15) is 24.8 Å². The number of rotatable bonds is 6. The third kappa shape index (κ3) is 4.07. The van der Waals surface area contributed by atoms with Gasteiger partial charge < -0.3 is 14.8 Å². The molecule has 0 saturated heterocycles. The molecule has 1 heterocycles. The van der Waals surface area contributed by atoms with E-state index in [1.54, 1.807) is 12.1 Å². The molecule has 0 aliphatic heterocycles. The van der Waals surface area contributed by atoms with Crippen LogP contribution in [-0.4, -0.2) is 24.7 Å². The summed E-state index contributed by atoms with van der Waals surface area (Å²) in [6.45, 7) is 0.629. The first-order valence-corrected chi connectivity index (χ1v) is 6.19. The molecule has 0 atom stereocenters. The summed E-state index contributed by atoms with van der Waals surface area (Å²) in [6.07, 6.45) is 1.53. The van der Waals surface area contributed by atoms with Crippen LogP contribution in [0.15, 0.2) is 48.7 Å². The Morgan fingerprint density at radius 3 is 2.65 bits per heavy atom. The third-order valence-electron chi connectivity index (χ3n) is 2.59. The number of carbonyl (C=O) groups excluding carboxylic acids is 1. The molecule has 1 N–H and O–H groups in total. The molecule has 0 aliphatic rings. The lowest BCUT2D eigenvalue weighted by molar-refractivity contribution is 0.0867. The maximum absolute atomic E-state index is 11.6. The number of amides is 1. The maximum atomic E-state index is 11.6. The second-order valence-corrected chi connectivity index (χ2v) is 4.09. The Balaban J connectivity index is 1.90. The van der Waals surface area contributed by atoms with Gasteiger partial charge in [-0.2, -0.15) is 0 Å². The molecule has 0 saturated carbocycles. The molecule has 0 spiro atoms. The van der Waals surface area contributed by atoms with Crippen LogP contribution >= 0.6 is 0 Å². The van der Waals surface area contributed by atoms with E-state index in [2.05, 4.69) is 10.3 Å². The van der Waals surface area contributed by atoms with Crippen molar-refractivity contribution in [3.63, 3.8) is 0 Å². The van der Waals surface area contributed by atoms with E-state index in [9.17, 15) is 4.79 Å². The van der Waals surface area contributed by atoms with Crippen molar-refractivity contribution >= 4 is 5.91 Å². The van der Waals surface area contributed by atoms with Crippen LogP contribution < -0.4 is 10.1 Å². The van der Waals surface area contributed by atoms with E-state index in [1.807, 2.05) is 30.3 Å². The van der Waals surface area contributed by atoms with Gasteiger partial charge in [0.15, 0.2) is 0 Å². The molecule has 1 aromatic heterocycles. The molecule has 0 bridgehead atoms. The van der Waals surface area contributed by atoms with Gasteiger partial charge in [-0.3, -0.25) is 4.79 Å². The molecule has 0 fully saturated rings. The summed E-state index contributed by atoms with van der Waals surface area (Å²) in [4.78, 5) is 15.7. The number of nitrogens with zero attached hydrogens (tertiary/aromatic N) is 1. The van der Waals surface area contributed by atoms with E-state index in [-0.39, 0.29) is 12.6 Å². The Bertz CT molecular complexity index is 541. The van der Waals surface area contributed by atoms with Crippen molar-refractivity contribution in [2.24, 2.45) is 0 Å². The van der Waals surface area contributed by atoms with E-state index in [0.717, 1.165) is 5.56 Å². The van der Waals surface area contributed by atoms with Gasteiger partial charge in [0.2, 0.25) is 0 Å². The average Bonchev–Trinajstić information content (AvgIpc) is 2.52. The van der Waals surface area contributed by atoms with Crippen LogP contribution in [-0.2, 0) is 11.3 Å². The molecule has 104 valence electrons. The highest BCUT2D eigenvalue weighted by atomic mass is 16.5. The number of methoxy groups -OCH3 is 1. The Morgan fingerprint density at radius 1 is 1.20 bits per heavy atom. The number of hydrogen-bond donors (Lipinski definition) is 1. The first kappa shape index (κ1) is 14.0. The van der Waals surface area contributed by atoms with Crippen molar-refractivity contribution in [1.82, 2.24) is 10.3 Å². The van der Waals surface area contributed by atoms with Crippen molar-refractivity contribution in [3.05, 3.63) is 59.9 Å². The van der Waals surface area contributed by atoms with Gasteiger partial charge in [0.25, 0.3) is 5.91 Å². The summed E-state index contributed by atoms with van der Waals surface area (Å²) < 4.78 is 10.3. The quantitative estimate of drug-likeness (QED) is 0.817. The fourth-order valence-corrected chi connectivity index (χ4v) is 1.57. The highest BCUT2D eigenvalue weighted by Gasteiger charge is 2.06. The van der Waals surface area contributed by atoms with Crippen molar-refractivity contribution in [2.75, 3.05) is 13.8 Å². The molecule has 1 amide bonds. The lowest BCUT2D eigenvalue weighted by Crippen LogP contribution is -2.26. The van der Waals surface area contributed by atoms with Gasteiger partial charge in [-0.1, -0.05) is 30.3 Å².